The van der Waals surface area contributed by atoms with Gasteiger partial charge in [0.1, 0.15) is 0 Å². The maximum atomic E-state index is 11.6. The molecule has 0 aliphatic heterocycles. The maximum absolute atomic E-state index is 11.6. The molecule has 1 saturated carbocycles. The highest BCUT2D eigenvalue weighted by Gasteiger charge is 2.29. The van der Waals surface area contributed by atoms with Gasteiger partial charge in [0.25, 0.3) is 0 Å². The van der Waals surface area contributed by atoms with E-state index in [9.17, 15) is 4.79 Å². The highest BCUT2D eigenvalue weighted by atomic mass is 16.5. The van der Waals surface area contributed by atoms with Crippen LogP contribution in [0.5, 0.6) is 0 Å². The lowest BCUT2D eigenvalue weighted by molar-refractivity contribution is -0.146. The lowest BCUT2D eigenvalue weighted by Gasteiger charge is -2.13. The second-order valence-corrected chi connectivity index (χ2v) is 3.86. The Kier molecular flexibility index (Phi) is 4.18. The molecule has 1 rings (SSSR count). The first kappa shape index (κ1) is 11.3. The van der Waals surface area contributed by atoms with Crippen LogP contribution in [-0.4, -0.2) is 12.6 Å². The fourth-order valence-corrected chi connectivity index (χ4v) is 2.09. The second-order valence-electron chi connectivity index (χ2n) is 3.86. The summed E-state index contributed by atoms with van der Waals surface area (Å²) < 4.78 is 5.08. The van der Waals surface area contributed by atoms with Crippen molar-refractivity contribution in [1.29, 1.82) is 0 Å². The quantitative estimate of drug-likeness (QED) is 0.512. The second kappa shape index (κ2) is 5.18. The van der Waals surface area contributed by atoms with E-state index in [0.717, 1.165) is 25.7 Å². The summed E-state index contributed by atoms with van der Waals surface area (Å²) in [5.74, 6) is 0.0442. The molecule has 0 amide bonds. The Morgan fingerprint density at radius 2 is 2.21 bits per heavy atom. The summed E-state index contributed by atoms with van der Waals surface area (Å²) >= 11 is 0. The highest BCUT2D eigenvalue weighted by molar-refractivity contribution is 5.76. The van der Waals surface area contributed by atoms with Gasteiger partial charge in [-0.3, -0.25) is 4.79 Å². The van der Waals surface area contributed by atoms with Gasteiger partial charge in [0.15, 0.2) is 0 Å². The molecular weight excluding hydrogens is 176 g/mol. The Morgan fingerprint density at radius 1 is 1.50 bits per heavy atom. The predicted octanol–water partition coefficient (Wildman–Crippen LogP) is 3.08. The average molecular weight is 196 g/mol. The number of esters is 1. The predicted molar refractivity (Wildman–Crippen MR) is 57.0 cm³/mol. The van der Waals surface area contributed by atoms with Crippen LogP contribution in [0.2, 0.25) is 0 Å². The molecule has 0 bridgehead atoms. The van der Waals surface area contributed by atoms with E-state index in [0.29, 0.717) is 6.61 Å². The van der Waals surface area contributed by atoms with Gasteiger partial charge in [-0.05, 0) is 39.5 Å². The number of hydrogen-bond donors (Lipinski definition) is 0. The number of carbonyl (C=O) groups excluding carboxylic acids is 1. The van der Waals surface area contributed by atoms with E-state index in [1.807, 2.05) is 6.92 Å². The summed E-state index contributed by atoms with van der Waals surface area (Å²) in [6.45, 7) is 6.63. The minimum Gasteiger partial charge on any atom is -0.466 e. The van der Waals surface area contributed by atoms with Crippen LogP contribution in [0.25, 0.3) is 0 Å². The molecule has 0 aromatic rings. The lowest BCUT2D eigenvalue weighted by Crippen LogP contribution is -2.16. The summed E-state index contributed by atoms with van der Waals surface area (Å²) in [7, 11) is 0. The zero-order valence-corrected chi connectivity index (χ0v) is 9.43. The molecule has 2 heteroatoms. The summed E-state index contributed by atoms with van der Waals surface area (Å²) in [6.07, 6.45) is 4.25. The Bertz CT molecular complexity index is 241. The van der Waals surface area contributed by atoms with E-state index < -0.39 is 0 Å². The molecule has 1 fully saturated rings. The molecule has 0 heterocycles. The van der Waals surface area contributed by atoms with Crippen molar-refractivity contribution < 1.29 is 9.53 Å². The van der Waals surface area contributed by atoms with Crippen LogP contribution < -0.4 is 0 Å². The summed E-state index contributed by atoms with van der Waals surface area (Å²) in [5.41, 5.74) is 2.71. The van der Waals surface area contributed by atoms with Crippen LogP contribution in [0, 0.1) is 5.92 Å². The van der Waals surface area contributed by atoms with Gasteiger partial charge < -0.3 is 4.74 Å². The van der Waals surface area contributed by atoms with E-state index >= 15 is 0 Å². The Labute approximate surface area is 86.3 Å². The van der Waals surface area contributed by atoms with Gasteiger partial charge in [-0.2, -0.15) is 0 Å². The fourth-order valence-electron chi connectivity index (χ4n) is 2.09. The molecular formula is C12H20O2. The van der Waals surface area contributed by atoms with E-state index in [2.05, 4.69) is 13.8 Å². The van der Waals surface area contributed by atoms with Crippen molar-refractivity contribution >= 4 is 5.97 Å². The minimum absolute atomic E-state index is 0.0206. The normalized spacial score (nSPS) is 24.9. The van der Waals surface area contributed by atoms with E-state index in [1.54, 1.807) is 0 Å². The van der Waals surface area contributed by atoms with Crippen molar-refractivity contribution in [2.45, 2.75) is 46.5 Å². The van der Waals surface area contributed by atoms with Crippen LogP contribution >= 0.6 is 0 Å². The molecule has 14 heavy (non-hydrogen) atoms. The van der Waals surface area contributed by atoms with Crippen LogP contribution in [0.4, 0.5) is 0 Å². The molecule has 80 valence electrons. The van der Waals surface area contributed by atoms with Gasteiger partial charge in [-0.15, -0.1) is 0 Å². The smallest absolute Gasteiger partial charge is 0.313 e. The molecule has 1 aliphatic carbocycles. The molecule has 1 aliphatic rings. The standard InChI is InChI=1S/C12H20O2/c1-4-9(3)10-7-6-8-11(10)12(13)14-5-2/h11H,4-8H2,1-3H3/b10-9+. The monoisotopic (exact) mass is 196 g/mol. The van der Waals surface area contributed by atoms with Gasteiger partial charge in [0.05, 0.1) is 12.5 Å². The lowest BCUT2D eigenvalue weighted by atomic mass is 9.97. The summed E-state index contributed by atoms with van der Waals surface area (Å²) in [4.78, 5) is 11.6. The van der Waals surface area contributed by atoms with Crippen molar-refractivity contribution in [3.05, 3.63) is 11.1 Å². The van der Waals surface area contributed by atoms with Gasteiger partial charge >= 0.3 is 5.97 Å². The van der Waals surface area contributed by atoms with Crippen LogP contribution in [0.1, 0.15) is 46.5 Å². The first-order valence-corrected chi connectivity index (χ1v) is 5.55. The number of allylic oxidation sites excluding steroid dienone is 1. The van der Waals surface area contributed by atoms with Crippen LogP contribution in [-0.2, 0) is 9.53 Å². The highest BCUT2D eigenvalue weighted by Crippen LogP contribution is 2.34. The van der Waals surface area contributed by atoms with Crippen LogP contribution in [0.15, 0.2) is 11.1 Å². The number of rotatable bonds is 3. The number of hydrogen-bond acceptors (Lipinski definition) is 2. The first-order valence-electron chi connectivity index (χ1n) is 5.55. The van der Waals surface area contributed by atoms with Gasteiger partial charge in [-0.1, -0.05) is 18.1 Å². The fraction of sp³-hybridized carbons (Fsp3) is 0.750. The van der Waals surface area contributed by atoms with Gasteiger partial charge in [0.2, 0.25) is 0 Å². The topological polar surface area (TPSA) is 26.3 Å². The molecule has 0 spiro atoms. The van der Waals surface area contributed by atoms with E-state index in [4.69, 9.17) is 4.74 Å². The van der Waals surface area contributed by atoms with Crippen molar-refractivity contribution in [2.75, 3.05) is 6.61 Å². The zero-order valence-electron chi connectivity index (χ0n) is 9.43. The summed E-state index contributed by atoms with van der Waals surface area (Å²) in [6, 6.07) is 0. The zero-order chi connectivity index (χ0) is 10.6. The Morgan fingerprint density at radius 3 is 2.79 bits per heavy atom. The van der Waals surface area contributed by atoms with Gasteiger partial charge in [0, 0.05) is 0 Å². The molecule has 2 nitrogen and oxygen atoms in total. The maximum Gasteiger partial charge on any atom is 0.313 e. The molecule has 0 aromatic carbocycles. The third-order valence-electron chi connectivity index (χ3n) is 3.01. The van der Waals surface area contributed by atoms with Crippen molar-refractivity contribution in [2.24, 2.45) is 5.92 Å². The Balaban J connectivity index is 2.73. The number of carbonyl (C=O) groups is 1. The molecule has 1 atom stereocenters. The molecule has 1 unspecified atom stereocenters. The van der Waals surface area contributed by atoms with E-state index in [1.165, 1.54) is 11.1 Å². The van der Waals surface area contributed by atoms with Crippen molar-refractivity contribution in [3.8, 4) is 0 Å². The van der Waals surface area contributed by atoms with Crippen molar-refractivity contribution in [1.82, 2.24) is 0 Å². The van der Waals surface area contributed by atoms with Crippen LogP contribution in [0.3, 0.4) is 0 Å². The number of ether oxygens (including phenoxy) is 1. The average Bonchev–Trinajstić information content (AvgIpc) is 2.65. The van der Waals surface area contributed by atoms with Gasteiger partial charge in [-0.25, -0.2) is 0 Å². The SMILES string of the molecule is CCOC(=O)C1CCC/C1=C(/C)CC. The molecule has 0 N–H and O–H groups in total. The third-order valence-corrected chi connectivity index (χ3v) is 3.01. The molecule has 0 aromatic heterocycles. The van der Waals surface area contributed by atoms with E-state index in [-0.39, 0.29) is 11.9 Å². The third kappa shape index (κ3) is 2.37. The Hall–Kier alpha value is -0.790. The minimum atomic E-state index is -0.0206. The summed E-state index contributed by atoms with van der Waals surface area (Å²) in [5, 5.41) is 0. The largest absolute Gasteiger partial charge is 0.466 e. The molecule has 0 saturated heterocycles. The first-order chi connectivity index (χ1) is 6.70. The molecule has 0 radical (unpaired) electrons. The van der Waals surface area contributed by atoms with Crippen molar-refractivity contribution in [3.63, 3.8) is 0 Å².